The van der Waals surface area contributed by atoms with Gasteiger partial charge in [0.2, 0.25) is 0 Å². The van der Waals surface area contributed by atoms with Crippen LogP contribution in [-0.2, 0) is 0 Å². The fourth-order valence-electron chi connectivity index (χ4n) is 2.46. The Morgan fingerprint density at radius 3 is 2.84 bits per heavy atom. The summed E-state index contributed by atoms with van der Waals surface area (Å²) in [5, 5.41) is 18.0. The second-order valence-electron chi connectivity index (χ2n) is 5.07. The van der Waals surface area contributed by atoms with E-state index in [9.17, 15) is 5.11 Å². The number of fused-ring (bicyclic) bond motifs is 1. The zero-order valence-corrected chi connectivity index (χ0v) is 10.8. The second kappa shape index (κ2) is 5.11. The summed E-state index contributed by atoms with van der Waals surface area (Å²) in [5.41, 5.74) is 0.273. The third-order valence-electron chi connectivity index (χ3n) is 3.66. The van der Waals surface area contributed by atoms with Crippen molar-refractivity contribution in [3.05, 3.63) is 30.6 Å². The lowest BCUT2D eigenvalue weighted by molar-refractivity contribution is 0.0232. The van der Waals surface area contributed by atoms with Crippen molar-refractivity contribution in [2.24, 2.45) is 0 Å². The summed E-state index contributed by atoms with van der Waals surface area (Å²) in [7, 11) is 0. The lowest BCUT2D eigenvalue weighted by atomic mass is 9.92. The molecule has 3 rings (SSSR count). The Bertz CT molecular complexity index is 561. The molecule has 0 atom stereocenters. The molecular weight excluding hydrogens is 240 g/mol. The third-order valence-corrected chi connectivity index (χ3v) is 3.66. The number of aromatic nitrogens is 2. The van der Waals surface area contributed by atoms with E-state index in [4.69, 9.17) is 0 Å². The average Bonchev–Trinajstić information content (AvgIpc) is 2.46. The largest absolute Gasteiger partial charge is 0.388 e. The van der Waals surface area contributed by atoms with Crippen LogP contribution in [0.4, 0.5) is 5.82 Å². The van der Waals surface area contributed by atoms with Crippen LogP contribution in [0.5, 0.6) is 0 Å². The Labute approximate surface area is 112 Å². The molecule has 5 heteroatoms. The van der Waals surface area contributed by atoms with E-state index < -0.39 is 5.60 Å². The normalized spacial score (nSPS) is 18.4. The molecule has 0 unspecified atom stereocenters. The van der Waals surface area contributed by atoms with Crippen LogP contribution in [0.2, 0.25) is 0 Å². The van der Waals surface area contributed by atoms with Gasteiger partial charge in [0.25, 0.3) is 0 Å². The van der Waals surface area contributed by atoms with E-state index in [0.29, 0.717) is 6.54 Å². The number of benzene rings is 1. The maximum absolute atomic E-state index is 10.5. The summed E-state index contributed by atoms with van der Waals surface area (Å²) in [6, 6.07) is 7.88. The Morgan fingerprint density at radius 2 is 2.00 bits per heavy atom. The molecule has 1 saturated heterocycles. The number of piperidine rings is 1. The Kier molecular flexibility index (Phi) is 3.31. The molecule has 2 aromatic rings. The molecule has 1 aliphatic rings. The summed E-state index contributed by atoms with van der Waals surface area (Å²) in [5.74, 6) is 0.789. The molecule has 19 heavy (non-hydrogen) atoms. The lowest BCUT2D eigenvalue weighted by Crippen LogP contribution is -2.46. The minimum atomic E-state index is -0.642. The number of anilines is 1. The fourth-order valence-corrected chi connectivity index (χ4v) is 2.46. The van der Waals surface area contributed by atoms with E-state index >= 15 is 0 Å². The second-order valence-corrected chi connectivity index (χ2v) is 5.07. The zero-order chi connectivity index (χ0) is 13.1. The quantitative estimate of drug-likeness (QED) is 0.770. The van der Waals surface area contributed by atoms with Crippen LogP contribution < -0.4 is 10.6 Å². The number of aliphatic hydroxyl groups is 1. The first-order chi connectivity index (χ1) is 9.27. The molecule has 0 saturated carbocycles. The van der Waals surface area contributed by atoms with Crippen LogP contribution in [-0.4, -0.2) is 40.3 Å². The first kappa shape index (κ1) is 12.3. The molecule has 1 aromatic carbocycles. The monoisotopic (exact) mass is 258 g/mol. The van der Waals surface area contributed by atoms with Gasteiger partial charge in [0, 0.05) is 11.9 Å². The van der Waals surface area contributed by atoms with E-state index in [0.717, 1.165) is 42.7 Å². The van der Waals surface area contributed by atoms with Crippen molar-refractivity contribution in [1.82, 2.24) is 15.3 Å². The molecule has 1 aliphatic heterocycles. The number of nitrogens with one attached hydrogen (secondary N) is 2. The van der Waals surface area contributed by atoms with E-state index in [1.54, 1.807) is 6.33 Å². The summed E-state index contributed by atoms with van der Waals surface area (Å²) >= 11 is 0. The molecule has 0 radical (unpaired) electrons. The first-order valence-electron chi connectivity index (χ1n) is 6.64. The number of hydrogen-bond donors (Lipinski definition) is 3. The highest BCUT2D eigenvalue weighted by molar-refractivity contribution is 5.88. The van der Waals surface area contributed by atoms with E-state index in [-0.39, 0.29) is 0 Å². The highest BCUT2D eigenvalue weighted by atomic mass is 16.3. The van der Waals surface area contributed by atoms with Gasteiger partial charge in [0.1, 0.15) is 12.1 Å². The molecule has 5 nitrogen and oxygen atoms in total. The van der Waals surface area contributed by atoms with Crippen molar-refractivity contribution in [3.8, 4) is 0 Å². The van der Waals surface area contributed by atoms with Gasteiger partial charge in [0.05, 0.1) is 11.1 Å². The fraction of sp³-hybridized carbons (Fsp3) is 0.429. The first-order valence-corrected chi connectivity index (χ1v) is 6.64. The summed E-state index contributed by atoms with van der Waals surface area (Å²) in [4.78, 5) is 8.50. The Hall–Kier alpha value is -1.72. The Balaban J connectivity index is 1.78. The van der Waals surface area contributed by atoms with E-state index in [1.807, 2.05) is 24.3 Å². The van der Waals surface area contributed by atoms with Gasteiger partial charge >= 0.3 is 0 Å². The van der Waals surface area contributed by atoms with Crippen molar-refractivity contribution in [3.63, 3.8) is 0 Å². The summed E-state index contributed by atoms with van der Waals surface area (Å²) in [6.07, 6.45) is 3.09. The van der Waals surface area contributed by atoms with Crippen LogP contribution in [0.25, 0.3) is 10.9 Å². The molecule has 100 valence electrons. The smallest absolute Gasteiger partial charge is 0.137 e. The van der Waals surface area contributed by atoms with Gasteiger partial charge in [-0.25, -0.2) is 9.97 Å². The summed E-state index contributed by atoms with van der Waals surface area (Å²) in [6.45, 7) is 2.25. The highest BCUT2D eigenvalue weighted by Crippen LogP contribution is 2.22. The molecule has 0 bridgehead atoms. The molecule has 3 N–H and O–H groups in total. The maximum Gasteiger partial charge on any atom is 0.137 e. The van der Waals surface area contributed by atoms with Crippen molar-refractivity contribution < 1.29 is 5.11 Å². The SMILES string of the molecule is OC1(CNc2ncnc3ccccc23)CCNCC1. The van der Waals surface area contributed by atoms with Gasteiger partial charge in [-0.05, 0) is 38.1 Å². The molecule has 1 aromatic heterocycles. The molecule has 0 amide bonds. The van der Waals surface area contributed by atoms with Crippen LogP contribution >= 0.6 is 0 Å². The predicted molar refractivity (Wildman–Crippen MR) is 75.1 cm³/mol. The summed E-state index contributed by atoms with van der Waals surface area (Å²) < 4.78 is 0. The van der Waals surface area contributed by atoms with Gasteiger partial charge in [-0.2, -0.15) is 0 Å². The van der Waals surface area contributed by atoms with Gasteiger partial charge in [-0.3, -0.25) is 0 Å². The van der Waals surface area contributed by atoms with Crippen molar-refractivity contribution in [2.75, 3.05) is 25.0 Å². The van der Waals surface area contributed by atoms with Crippen molar-refractivity contribution >= 4 is 16.7 Å². The number of rotatable bonds is 3. The highest BCUT2D eigenvalue weighted by Gasteiger charge is 2.28. The van der Waals surface area contributed by atoms with Crippen LogP contribution in [0.3, 0.4) is 0 Å². The van der Waals surface area contributed by atoms with Crippen LogP contribution in [0.1, 0.15) is 12.8 Å². The number of nitrogens with zero attached hydrogens (tertiary/aromatic N) is 2. The molecule has 0 spiro atoms. The van der Waals surface area contributed by atoms with Crippen molar-refractivity contribution in [2.45, 2.75) is 18.4 Å². The van der Waals surface area contributed by atoms with Gasteiger partial charge in [0.15, 0.2) is 0 Å². The van der Waals surface area contributed by atoms with Crippen LogP contribution in [0.15, 0.2) is 30.6 Å². The average molecular weight is 258 g/mol. The Morgan fingerprint density at radius 1 is 1.21 bits per heavy atom. The standard InChI is InChI=1S/C14H18N4O/c19-14(5-7-15-8-6-14)9-16-13-11-3-1-2-4-12(11)17-10-18-13/h1-4,10,15,19H,5-9H2,(H,16,17,18). The predicted octanol–water partition coefficient (Wildman–Crippen LogP) is 1.16. The van der Waals surface area contributed by atoms with E-state index in [2.05, 4.69) is 20.6 Å². The minimum absolute atomic E-state index is 0.523. The van der Waals surface area contributed by atoms with E-state index in [1.165, 1.54) is 0 Å². The third kappa shape index (κ3) is 2.67. The molecule has 1 fully saturated rings. The number of hydrogen-bond acceptors (Lipinski definition) is 5. The van der Waals surface area contributed by atoms with Gasteiger partial charge in [-0.15, -0.1) is 0 Å². The van der Waals surface area contributed by atoms with Gasteiger partial charge < -0.3 is 15.7 Å². The molecular formula is C14H18N4O. The molecule has 0 aliphatic carbocycles. The maximum atomic E-state index is 10.5. The lowest BCUT2D eigenvalue weighted by Gasteiger charge is -2.32. The number of para-hydroxylation sites is 1. The van der Waals surface area contributed by atoms with Crippen molar-refractivity contribution in [1.29, 1.82) is 0 Å². The molecule has 2 heterocycles. The zero-order valence-electron chi connectivity index (χ0n) is 10.8. The van der Waals surface area contributed by atoms with Gasteiger partial charge in [-0.1, -0.05) is 12.1 Å². The van der Waals surface area contributed by atoms with Crippen LogP contribution in [0, 0.1) is 0 Å². The minimum Gasteiger partial charge on any atom is -0.388 e. The topological polar surface area (TPSA) is 70.1 Å².